The van der Waals surface area contributed by atoms with E-state index in [4.69, 9.17) is 19.9 Å². The minimum atomic E-state index is -0.548. The van der Waals surface area contributed by atoms with E-state index in [2.05, 4.69) is 16.3 Å². The Morgan fingerprint density at radius 1 is 1.14 bits per heavy atom. The first-order valence-corrected chi connectivity index (χ1v) is 8.47. The maximum atomic E-state index is 13.4. The average Bonchev–Trinajstić information content (AvgIpc) is 3.33. The highest BCUT2D eigenvalue weighted by Crippen LogP contribution is 2.46. The molecule has 0 amide bonds. The number of nitrogens with one attached hydrogen (secondary N) is 1. The number of ether oxygens (including phenoxy) is 3. The molecule has 138 valence electrons. The molecule has 3 N–H and O–H groups in total. The number of benzene rings is 2. The molecule has 0 aliphatic carbocycles. The van der Waals surface area contributed by atoms with Crippen molar-refractivity contribution in [2.24, 2.45) is 5.73 Å². The van der Waals surface area contributed by atoms with E-state index in [1.54, 1.807) is 18.2 Å². The highest BCUT2D eigenvalue weighted by molar-refractivity contribution is 5.73. The first kappa shape index (κ1) is 16.2. The fourth-order valence-corrected chi connectivity index (χ4v) is 3.51. The Morgan fingerprint density at radius 3 is 2.71 bits per heavy atom. The number of halogens is 1. The monoisotopic (exact) mass is 376 g/mol. The quantitative estimate of drug-likeness (QED) is 0.712. The van der Waals surface area contributed by atoms with Gasteiger partial charge in [-0.2, -0.15) is 5.26 Å². The van der Waals surface area contributed by atoms with Crippen LogP contribution in [0.5, 0.6) is 17.4 Å². The van der Waals surface area contributed by atoms with Gasteiger partial charge >= 0.3 is 0 Å². The number of hydrogen-bond acceptors (Lipinski definition) is 6. The lowest BCUT2D eigenvalue weighted by Gasteiger charge is -2.24. The van der Waals surface area contributed by atoms with Gasteiger partial charge in [-0.25, -0.2) is 4.39 Å². The van der Waals surface area contributed by atoms with E-state index in [9.17, 15) is 9.65 Å². The van der Waals surface area contributed by atoms with E-state index in [1.807, 2.05) is 12.1 Å². The van der Waals surface area contributed by atoms with Crippen molar-refractivity contribution in [1.82, 2.24) is 10.2 Å². The number of rotatable bonds is 2. The summed E-state index contributed by atoms with van der Waals surface area (Å²) in [6, 6.07) is 13.5. The molecule has 1 unspecified atom stereocenters. The SMILES string of the molecule is N#CC1=C(N)Oc2n[nH]c(-c3ccc4c(c3)OCO4)c2C1c1ccc(F)cc1. The largest absolute Gasteiger partial charge is 0.454 e. The second-order valence-electron chi connectivity index (χ2n) is 6.36. The van der Waals surface area contributed by atoms with Crippen molar-refractivity contribution in [2.45, 2.75) is 5.92 Å². The lowest BCUT2D eigenvalue weighted by molar-refractivity contribution is 0.174. The molecule has 2 aliphatic heterocycles. The van der Waals surface area contributed by atoms with Crippen molar-refractivity contribution < 1.29 is 18.6 Å². The highest BCUT2D eigenvalue weighted by atomic mass is 19.1. The first-order valence-electron chi connectivity index (χ1n) is 8.47. The summed E-state index contributed by atoms with van der Waals surface area (Å²) in [5.74, 6) is 0.617. The van der Waals surface area contributed by atoms with Crippen LogP contribution in [0.1, 0.15) is 17.0 Å². The molecule has 3 heterocycles. The average molecular weight is 376 g/mol. The summed E-state index contributed by atoms with van der Waals surface area (Å²) in [6.07, 6.45) is 0. The van der Waals surface area contributed by atoms with Crippen molar-refractivity contribution in [3.63, 3.8) is 0 Å². The summed E-state index contributed by atoms with van der Waals surface area (Å²) < 4.78 is 29.8. The molecule has 5 rings (SSSR count). The number of hydrogen-bond donors (Lipinski definition) is 2. The normalized spacial score (nSPS) is 17.1. The third-order valence-corrected chi connectivity index (χ3v) is 4.80. The summed E-state index contributed by atoms with van der Waals surface area (Å²) in [4.78, 5) is 0. The first-order chi connectivity index (χ1) is 13.7. The molecular weight excluding hydrogens is 363 g/mol. The van der Waals surface area contributed by atoms with Crippen LogP contribution < -0.4 is 19.9 Å². The molecule has 8 heteroatoms. The number of allylic oxidation sites excluding steroid dienone is 1. The molecule has 2 aromatic carbocycles. The highest BCUT2D eigenvalue weighted by Gasteiger charge is 2.35. The summed E-state index contributed by atoms with van der Waals surface area (Å²) in [5.41, 5.74) is 8.98. The standard InChI is InChI=1S/C20H13FN4O3/c21-12-4-1-10(2-5-12)16-13(8-22)19(23)28-20-17(16)18(24-25-20)11-3-6-14-15(7-11)27-9-26-14/h1-7,16H,9,23H2,(H,24,25). The van der Waals surface area contributed by atoms with Crippen LogP contribution in [0.3, 0.4) is 0 Å². The van der Waals surface area contributed by atoms with Crippen molar-refractivity contribution in [3.05, 3.63) is 70.9 Å². The maximum Gasteiger partial charge on any atom is 0.244 e. The van der Waals surface area contributed by atoms with E-state index >= 15 is 0 Å². The van der Waals surface area contributed by atoms with Gasteiger partial charge in [0.1, 0.15) is 17.5 Å². The topological polar surface area (TPSA) is 106 Å². The number of aromatic nitrogens is 2. The van der Waals surface area contributed by atoms with Crippen LogP contribution in [-0.4, -0.2) is 17.0 Å². The minimum absolute atomic E-state index is 0.0203. The van der Waals surface area contributed by atoms with Crippen LogP contribution in [0.2, 0.25) is 0 Å². The molecule has 2 aliphatic rings. The zero-order valence-electron chi connectivity index (χ0n) is 14.4. The van der Waals surface area contributed by atoms with E-state index in [0.29, 0.717) is 28.3 Å². The molecule has 0 spiro atoms. The summed E-state index contributed by atoms with van der Waals surface area (Å²) in [5, 5.41) is 16.9. The van der Waals surface area contributed by atoms with Gasteiger partial charge in [-0.1, -0.05) is 12.1 Å². The molecule has 0 fully saturated rings. The fraction of sp³-hybridized carbons (Fsp3) is 0.100. The van der Waals surface area contributed by atoms with Crippen LogP contribution in [0, 0.1) is 17.1 Å². The molecule has 7 nitrogen and oxygen atoms in total. The number of nitrogens with zero attached hydrogens (tertiary/aromatic N) is 2. The summed E-state index contributed by atoms with van der Waals surface area (Å²) in [7, 11) is 0. The van der Waals surface area contributed by atoms with Gasteiger partial charge < -0.3 is 19.9 Å². The molecule has 1 aromatic heterocycles. The number of fused-ring (bicyclic) bond motifs is 2. The minimum Gasteiger partial charge on any atom is -0.454 e. The fourth-order valence-electron chi connectivity index (χ4n) is 3.51. The molecule has 1 atom stereocenters. The van der Waals surface area contributed by atoms with Crippen molar-refractivity contribution >= 4 is 0 Å². The predicted octanol–water partition coefficient (Wildman–Crippen LogP) is 3.16. The Bertz CT molecular complexity index is 1160. The molecule has 0 saturated carbocycles. The van der Waals surface area contributed by atoms with E-state index < -0.39 is 5.92 Å². The Kier molecular flexibility index (Phi) is 3.49. The van der Waals surface area contributed by atoms with Gasteiger partial charge in [-0.3, -0.25) is 5.10 Å². The molecule has 28 heavy (non-hydrogen) atoms. The van der Waals surface area contributed by atoms with Crippen LogP contribution in [-0.2, 0) is 0 Å². The molecule has 0 bridgehead atoms. The molecular formula is C20H13FN4O3. The lowest BCUT2D eigenvalue weighted by atomic mass is 9.83. The third-order valence-electron chi connectivity index (χ3n) is 4.80. The van der Waals surface area contributed by atoms with Gasteiger partial charge in [0.25, 0.3) is 0 Å². The Labute approximate surface area is 158 Å². The Hall–Kier alpha value is -3.99. The van der Waals surface area contributed by atoms with E-state index in [-0.39, 0.29) is 29.9 Å². The second-order valence-corrected chi connectivity index (χ2v) is 6.36. The van der Waals surface area contributed by atoms with Crippen LogP contribution in [0.25, 0.3) is 11.3 Å². The molecule has 0 radical (unpaired) electrons. The van der Waals surface area contributed by atoms with Crippen LogP contribution >= 0.6 is 0 Å². The Balaban J connectivity index is 1.70. The van der Waals surface area contributed by atoms with Crippen LogP contribution in [0.15, 0.2) is 53.9 Å². The predicted molar refractivity (Wildman–Crippen MR) is 95.8 cm³/mol. The van der Waals surface area contributed by atoms with E-state index in [0.717, 1.165) is 5.56 Å². The smallest absolute Gasteiger partial charge is 0.244 e. The third kappa shape index (κ3) is 2.37. The van der Waals surface area contributed by atoms with Gasteiger partial charge in [0, 0.05) is 5.56 Å². The number of nitrogens with two attached hydrogens (primary N) is 1. The number of nitriles is 1. The van der Waals surface area contributed by atoms with Gasteiger partial charge in [0.15, 0.2) is 11.5 Å². The second kappa shape index (κ2) is 6.03. The summed E-state index contributed by atoms with van der Waals surface area (Å²) in [6.45, 7) is 0.166. The van der Waals surface area contributed by atoms with Gasteiger partial charge in [-0.05, 0) is 35.9 Å². The number of H-pyrrole nitrogens is 1. The lowest BCUT2D eigenvalue weighted by Crippen LogP contribution is -2.21. The maximum absolute atomic E-state index is 13.4. The molecule has 3 aromatic rings. The number of aromatic amines is 1. The van der Waals surface area contributed by atoms with E-state index in [1.165, 1.54) is 12.1 Å². The zero-order valence-corrected chi connectivity index (χ0v) is 14.4. The van der Waals surface area contributed by atoms with Crippen LogP contribution in [0.4, 0.5) is 4.39 Å². The van der Waals surface area contributed by atoms with Gasteiger partial charge in [-0.15, -0.1) is 5.10 Å². The Morgan fingerprint density at radius 2 is 1.93 bits per heavy atom. The van der Waals surface area contributed by atoms with Gasteiger partial charge in [0.2, 0.25) is 18.6 Å². The zero-order chi connectivity index (χ0) is 19.3. The van der Waals surface area contributed by atoms with Gasteiger partial charge in [0.05, 0.1) is 17.2 Å². The van der Waals surface area contributed by atoms with Crippen molar-refractivity contribution in [3.8, 4) is 34.7 Å². The van der Waals surface area contributed by atoms with Crippen molar-refractivity contribution in [2.75, 3.05) is 6.79 Å². The molecule has 0 saturated heterocycles. The summed E-state index contributed by atoms with van der Waals surface area (Å²) >= 11 is 0. The van der Waals surface area contributed by atoms with Crippen molar-refractivity contribution in [1.29, 1.82) is 5.26 Å².